The fourth-order valence-electron chi connectivity index (χ4n) is 4.14. The van der Waals surface area contributed by atoms with Crippen molar-refractivity contribution in [2.75, 3.05) is 59.4 Å². The topological polar surface area (TPSA) is 64.2 Å². The van der Waals surface area contributed by atoms with Crippen LogP contribution < -0.4 is 0 Å². The smallest absolute Gasteiger partial charge is 0.282 e. The Morgan fingerprint density at radius 2 is 1.54 bits per heavy atom. The molecule has 1 saturated carbocycles. The summed E-state index contributed by atoms with van der Waals surface area (Å²) in [6, 6.07) is 7.53. The Kier molecular flexibility index (Phi) is 5.43. The molecule has 1 amide bonds. The van der Waals surface area contributed by atoms with Crippen LogP contribution in [0.1, 0.15) is 18.4 Å². The van der Waals surface area contributed by atoms with Crippen molar-refractivity contribution in [2.45, 2.75) is 18.3 Å². The van der Waals surface area contributed by atoms with Crippen molar-refractivity contribution in [3.05, 3.63) is 34.9 Å². The van der Waals surface area contributed by atoms with E-state index in [1.54, 1.807) is 4.31 Å². The van der Waals surface area contributed by atoms with Crippen LogP contribution in [0.15, 0.2) is 24.3 Å². The molecule has 0 atom stereocenters. The molecule has 3 aliphatic rings. The number of rotatable bonds is 4. The van der Waals surface area contributed by atoms with Gasteiger partial charge in [-0.25, -0.2) is 0 Å². The number of carbonyl (C=O) groups excluding carboxylic acids is 1. The lowest BCUT2D eigenvalue weighted by molar-refractivity contribution is -0.135. The van der Waals surface area contributed by atoms with Crippen LogP contribution in [0.2, 0.25) is 5.02 Å². The first-order valence-electron chi connectivity index (χ1n) is 9.82. The van der Waals surface area contributed by atoms with E-state index in [4.69, 9.17) is 11.6 Å². The lowest BCUT2D eigenvalue weighted by atomic mass is 9.94. The van der Waals surface area contributed by atoms with Crippen LogP contribution in [0.5, 0.6) is 0 Å². The van der Waals surface area contributed by atoms with Gasteiger partial charge in [0.05, 0.1) is 5.41 Å². The molecule has 0 radical (unpaired) electrons. The van der Waals surface area contributed by atoms with Gasteiger partial charge in [-0.15, -0.1) is 0 Å². The molecular weight excluding hydrogens is 400 g/mol. The quantitative estimate of drug-likeness (QED) is 0.720. The fraction of sp³-hybridized carbons (Fsp3) is 0.632. The number of likely N-dealkylation sites (N-methyl/N-ethyl adjacent to an activating group) is 1. The van der Waals surface area contributed by atoms with Crippen molar-refractivity contribution < 1.29 is 13.2 Å². The number of amides is 1. The second kappa shape index (κ2) is 7.57. The highest BCUT2D eigenvalue weighted by Crippen LogP contribution is 2.50. The average Bonchev–Trinajstić information content (AvgIpc) is 3.50. The summed E-state index contributed by atoms with van der Waals surface area (Å²) in [6.07, 6.45) is 1.65. The number of hydrogen-bond donors (Lipinski definition) is 0. The van der Waals surface area contributed by atoms with Crippen molar-refractivity contribution in [3.8, 4) is 0 Å². The molecule has 0 N–H and O–H groups in total. The lowest BCUT2D eigenvalue weighted by Crippen LogP contribution is -2.58. The molecule has 4 rings (SSSR count). The maximum Gasteiger partial charge on any atom is 0.282 e. The highest BCUT2D eigenvalue weighted by molar-refractivity contribution is 7.86. The number of nitrogens with zero attached hydrogens (tertiary/aromatic N) is 4. The second-order valence-corrected chi connectivity index (χ2v) is 10.4. The minimum Gasteiger partial charge on any atom is -0.339 e. The van der Waals surface area contributed by atoms with Gasteiger partial charge in [0.15, 0.2) is 0 Å². The summed E-state index contributed by atoms with van der Waals surface area (Å²) in [6.45, 7) is 4.13. The molecule has 0 aromatic heterocycles. The molecule has 7 nitrogen and oxygen atoms in total. The van der Waals surface area contributed by atoms with Crippen molar-refractivity contribution in [1.29, 1.82) is 0 Å². The van der Waals surface area contributed by atoms with E-state index in [1.165, 1.54) is 4.31 Å². The lowest BCUT2D eigenvalue weighted by Gasteiger charge is -2.39. The van der Waals surface area contributed by atoms with Crippen LogP contribution in [-0.2, 0) is 20.4 Å². The van der Waals surface area contributed by atoms with E-state index in [1.807, 2.05) is 36.2 Å². The normalized spacial score (nSPS) is 24.3. The average molecular weight is 427 g/mol. The van der Waals surface area contributed by atoms with Gasteiger partial charge >= 0.3 is 0 Å². The Morgan fingerprint density at radius 3 is 2.07 bits per heavy atom. The summed E-state index contributed by atoms with van der Waals surface area (Å²) in [5.74, 6) is 0.103. The van der Waals surface area contributed by atoms with Gasteiger partial charge in [-0.3, -0.25) is 4.79 Å². The molecule has 2 heterocycles. The summed E-state index contributed by atoms with van der Waals surface area (Å²) in [5, 5.41) is 0.639. The molecule has 1 aromatic carbocycles. The van der Waals surface area contributed by atoms with Crippen LogP contribution in [0, 0.1) is 0 Å². The van der Waals surface area contributed by atoms with Gasteiger partial charge in [-0.2, -0.15) is 17.0 Å². The first-order chi connectivity index (χ1) is 13.3. The molecule has 3 fully saturated rings. The largest absolute Gasteiger partial charge is 0.339 e. The Balaban J connectivity index is 1.40. The van der Waals surface area contributed by atoms with Crippen molar-refractivity contribution in [3.63, 3.8) is 0 Å². The van der Waals surface area contributed by atoms with Crippen LogP contribution in [0.3, 0.4) is 0 Å². The molecule has 0 unspecified atom stereocenters. The predicted octanol–water partition coefficient (Wildman–Crippen LogP) is 1.01. The van der Waals surface area contributed by atoms with Crippen LogP contribution in [-0.4, -0.2) is 92.1 Å². The van der Waals surface area contributed by atoms with E-state index in [0.29, 0.717) is 44.3 Å². The predicted molar refractivity (Wildman–Crippen MR) is 109 cm³/mol. The molecule has 0 spiro atoms. The Bertz CT molecular complexity index is 842. The van der Waals surface area contributed by atoms with E-state index < -0.39 is 15.6 Å². The molecule has 0 bridgehead atoms. The van der Waals surface area contributed by atoms with Gasteiger partial charge in [0, 0.05) is 57.4 Å². The number of hydrogen-bond acceptors (Lipinski definition) is 4. The zero-order valence-corrected chi connectivity index (χ0v) is 17.8. The molecule has 2 saturated heterocycles. The van der Waals surface area contributed by atoms with Crippen LogP contribution >= 0.6 is 11.6 Å². The number of piperazine rings is 2. The maximum absolute atomic E-state index is 13.2. The first-order valence-corrected chi connectivity index (χ1v) is 11.6. The van der Waals surface area contributed by atoms with E-state index in [2.05, 4.69) is 4.90 Å². The van der Waals surface area contributed by atoms with Gasteiger partial charge in [0.2, 0.25) is 5.91 Å². The fourth-order valence-corrected chi connectivity index (χ4v) is 5.91. The SMILES string of the molecule is CN1CCN(S(=O)(=O)N2CCN(C(=O)C3(c4cccc(Cl)c4)CC3)CC2)CC1. The summed E-state index contributed by atoms with van der Waals surface area (Å²) >= 11 is 6.12. The van der Waals surface area contributed by atoms with E-state index in [9.17, 15) is 13.2 Å². The summed E-state index contributed by atoms with van der Waals surface area (Å²) < 4.78 is 28.9. The number of benzene rings is 1. The number of halogens is 1. The monoisotopic (exact) mass is 426 g/mol. The summed E-state index contributed by atoms with van der Waals surface area (Å²) in [7, 11) is -1.45. The van der Waals surface area contributed by atoms with Crippen molar-refractivity contribution in [1.82, 2.24) is 18.4 Å². The number of carbonyl (C=O) groups is 1. The van der Waals surface area contributed by atoms with Gasteiger partial charge in [0.25, 0.3) is 10.2 Å². The van der Waals surface area contributed by atoms with Gasteiger partial charge in [0.1, 0.15) is 0 Å². The summed E-state index contributed by atoms with van der Waals surface area (Å²) in [5.41, 5.74) is 0.501. The molecule has 1 aromatic rings. The Hall–Kier alpha value is -1.19. The van der Waals surface area contributed by atoms with Gasteiger partial charge in [-0.1, -0.05) is 23.7 Å². The molecule has 2 aliphatic heterocycles. The third kappa shape index (κ3) is 3.68. The highest BCUT2D eigenvalue weighted by Gasteiger charge is 2.53. The third-order valence-corrected chi connectivity index (χ3v) is 8.45. The minimum absolute atomic E-state index is 0.103. The molecule has 154 valence electrons. The third-order valence-electron chi connectivity index (χ3n) is 6.18. The summed E-state index contributed by atoms with van der Waals surface area (Å²) in [4.78, 5) is 17.1. The van der Waals surface area contributed by atoms with Gasteiger partial charge in [-0.05, 0) is 37.6 Å². The molecular formula is C19H27ClN4O3S. The Morgan fingerprint density at radius 1 is 0.964 bits per heavy atom. The first kappa shape index (κ1) is 20.1. The molecule has 9 heteroatoms. The molecule has 28 heavy (non-hydrogen) atoms. The van der Waals surface area contributed by atoms with Crippen LogP contribution in [0.25, 0.3) is 0 Å². The standard InChI is InChI=1S/C19H27ClN4O3S/c1-21-7-11-23(12-8-21)28(26,27)24-13-9-22(10-14-24)18(25)19(5-6-19)16-3-2-4-17(20)15-16/h2-4,15H,5-14H2,1H3. The van der Waals surface area contributed by atoms with Gasteiger partial charge < -0.3 is 9.80 Å². The molecule has 1 aliphatic carbocycles. The zero-order valence-electron chi connectivity index (χ0n) is 16.2. The van der Waals surface area contributed by atoms with E-state index >= 15 is 0 Å². The minimum atomic E-state index is -3.45. The zero-order chi connectivity index (χ0) is 19.9. The second-order valence-electron chi connectivity index (χ2n) is 7.99. The Labute approximate surface area is 172 Å². The highest BCUT2D eigenvalue weighted by atomic mass is 35.5. The van der Waals surface area contributed by atoms with Crippen molar-refractivity contribution in [2.24, 2.45) is 0 Å². The van der Waals surface area contributed by atoms with E-state index in [0.717, 1.165) is 31.5 Å². The van der Waals surface area contributed by atoms with Crippen LogP contribution in [0.4, 0.5) is 0 Å². The van der Waals surface area contributed by atoms with E-state index in [-0.39, 0.29) is 5.91 Å². The maximum atomic E-state index is 13.2. The van der Waals surface area contributed by atoms with Crippen molar-refractivity contribution >= 4 is 27.7 Å².